The van der Waals surface area contributed by atoms with Crippen LogP contribution in [0.3, 0.4) is 0 Å². The van der Waals surface area contributed by atoms with Crippen LogP contribution in [0, 0.1) is 0 Å². The van der Waals surface area contributed by atoms with Gasteiger partial charge in [0.25, 0.3) is 5.91 Å². The average molecular weight is 214 g/mol. The predicted octanol–water partition coefficient (Wildman–Crippen LogP) is 1.46. The smallest absolute Gasteiger partial charge is 0.279 e. The molecule has 1 saturated heterocycles. The van der Waals surface area contributed by atoms with E-state index in [-0.39, 0.29) is 6.04 Å². The first-order valence-electron chi connectivity index (χ1n) is 5.51. The molecule has 1 amide bonds. The summed E-state index contributed by atoms with van der Waals surface area (Å²) in [7, 11) is 1.95. The van der Waals surface area contributed by atoms with E-state index in [1.165, 1.54) is 6.08 Å². The molecule has 1 atom stereocenters. The fraction of sp³-hybridized carbons (Fsp3) is 0.727. The van der Waals surface area contributed by atoms with Crippen LogP contribution >= 0.6 is 0 Å². The number of likely N-dealkylation sites (N-methyl/N-ethyl adjacent to an activating group) is 1. The largest absolute Gasteiger partial charge is 0.350 e. The highest BCUT2D eigenvalue weighted by atomic mass is 19.1. The van der Waals surface area contributed by atoms with E-state index in [1.54, 1.807) is 0 Å². The lowest BCUT2D eigenvalue weighted by atomic mass is 10.2. The van der Waals surface area contributed by atoms with Crippen LogP contribution in [0.1, 0.15) is 26.2 Å². The van der Waals surface area contributed by atoms with Crippen molar-refractivity contribution in [2.75, 3.05) is 20.1 Å². The summed E-state index contributed by atoms with van der Waals surface area (Å²) in [5.41, 5.74) is 0. The number of nitrogens with zero attached hydrogens (tertiary/aromatic N) is 1. The van der Waals surface area contributed by atoms with E-state index in [9.17, 15) is 9.18 Å². The van der Waals surface area contributed by atoms with Crippen molar-refractivity contribution in [2.45, 2.75) is 32.2 Å². The normalized spacial score (nSPS) is 23.1. The number of likely N-dealkylation sites (tertiary alicyclic amines) is 1. The summed E-state index contributed by atoms with van der Waals surface area (Å²) in [5.74, 6) is -1.24. The number of carbonyl (C=O) groups is 1. The Labute approximate surface area is 90.3 Å². The second-order valence-electron chi connectivity index (χ2n) is 3.96. The fourth-order valence-corrected chi connectivity index (χ4v) is 1.71. The van der Waals surface area contributed by atoms with Crippen LogP contribution in [-0.4, -0.2) is 37.0 Å². The third-order valence-electron chi connectivity index (χ3n) is 2.67. The van der Waals surface area contributed by atoms with Gasteiger partial charge >= 0.3 is 0 Å². The molecule has 1 aliphatic rings. The van der Waals surface area contributed by atoms with Crippen LogP contribution in [0.25, 0.3) is 0 Å². The molecule has 1 fully saturated rings. The van der Waals surface area contributed by atoms with E-state index in [0.717, 1.165) is 25.8 Å². The quantitative estimate of drug-likeness (QED) is 0.719. The molecule has 0 unspecified atom stereocenters. The van der Waals surface area contributed by atoms with Gasteiger partial charge in [0.15, 0.2) is 5.83 Å². The van der Waals surface area contributed by atoms with Crippen LogP contribution in [0.2, 0.25) is 0 Å². The fourth-order valence-electron chi connectivity index (χ4n) is 1.71. The Morgan fingerprint density at radius 3 is 2.93 bits per heavy atom. The van der Waals surface area contributed by atoms with E-state index in [1.807, 2.05) is 14.0 Å². The van der Waals surface area contributed by atoms with E-state index in [0.29, 0.717) is 6.54 Å². The third-order valence-corrected chi connectivity index (χ3v) is 2.67. The van der Waals surface area contributed by atoms with Gasteiger partial charge in [0.2, 0.25) is 0 Å². The van der Waals surface area contributed by atoms with Crippen LogP contribution in [0.4, 0.5) is 4.39 Å². The first-order chi connectivity index (χ1) is 7.15. The van der Waals surface area contributed by atoms with E-state index in [4.69, 9.17) is 0 Å². The van der Waals surface area contributed by atoms with Crippen molar-refractivity contribution in [2.24, 2.45) is 0 Å². The maximum absolute atomic E-state index is 13.4. The van der Waals surface area contributed by atoms with Crippen molar-refractivity contribution in [1.29, 1.82) is 0 Å². The minimum absolute atomic E-state index is 0.0809. The second-order valence-corrected chi connectivity index (χ2v) is 3.96. The van der Waals surface area contributed by atoms with Crippen molar-refractivity contribution < 1.29 is 9.18 Å². The Kier molecular flexibility index (Phi) is 4.75. The molecule has 4 heteroatoms. The summed E-state index contributed by atoms with van der Waals surface area (Å²) in [4.78, 5) is 13.3. The van der Waals surface area contributed by atoms with Gasteiger partial charge in [-0.25, -0.2) is 4.39 Å². The van der Waals surface area contributed by atoms with E-state index < -0.39 is 11.7 Å². The highest BCUT2D eigenvalue weighted by Gasteiger charge is 2.20. The standard InChI is InChI=1S/C11H19FN2O/c1-3-6-13-11(15)10(12)8-9-5-4-7-14(9)2/h8-9H,3-7H2,1-2H3,(H,13,15)/b10-8+/t9-/m0/s1. The zero-order valence-electron chi connectivity index (χ0n) is 9.42. The van der Waals surface area contributed by atoms with Gasteiger partial charge in [-0.15, -0.1) is 0 Å². The molecule has 0 aromatic rings. The number of hydrogen-bond donors (Lipinski definition) is 1. The Balaban J connectivity index is 2.47. The molecule has 0 aliphatic carbocycles. The Hall–Kier alpha value is -0.900. The number of hydrogen-bond acceptors (Lipinski definition) is 2. The molecular formula is C11H19FN2O. The van der Waals surface area contributed by atoms with Crippen LogP contribution in [0.15, 0.2) is 11.9 Å². The van der Waals surface area contributed by atoms with E-state index in [2.05, 4.69) is 10.2 Å². The van der Waals surface area contributed by atoms with Crippen LogP contribution < -0.4 is 5.32 Å². The molecule has 0 aromatic heterocycles. The van der Waals surface area contributed by atoms with Crippen molar-refractivity contribution in [3.63, 3.8) is 0 Å². The Morgan fingerprint density at radius 1 is 1.67 bits per heavy atom. The second kappa shape index (κ2) is 5.85. The van der Waals surface area contributed by atoms with Gasteiger partial charge < -0.3 is 5.32 Å². The Morgan fingerprint density at radius 2 is 2.40 bits per heavy atom. The SMILES string of the molecule is CCCNC(=O)/C(F)=C\[C@@H]1CCCN1C. The minimum atomic E-state index is -0.651. The third kappa shape index (κ3) is 3.63. The van der Waals surface area contributed by atoms with Crippen molar-refractivity contribution >= 4 is 5.91 Å². The van der Waals surface area contributed by atoms with Gasteiger partial charge in [0.1, 0.15) is 0 Å². The number of halogens is 1. The molecule has 86 valence electrons. The van der Waals surface area contributed by atoms with E-state index >= 15 is 0 Å². The van der Waals surface area contributed by atoms with Crippen LogP contribution in [0.5, 0.6) is 0 Å². The summed E-state index contributed by atoms with van der Waals surface area (Å²) in [5, 5.41) is 2.52. The maximum Gasteiger partial charge on any atom is 0.279 e. The van der Waals surface area contributed by atoms with Gasteiger partial charge in [-0.1, -0.05) is 6.92 Å². The van der Waals surface area contributed by atoms with Gasteiger partial charge in [-0.05, 0) is 38.9 Å². The van der Waals surface area contributed by atoms with Gasteiger partial charge in [0.05, 0.1) is 0 Å². The summed E-state index contributed by atoms with van der Waals surface area (Å²) >= 11 is 0. The minimum Gasteiger partial charge on any atom is -0.350 e. The molecule has 1 N–H and O–H groups in total. The molecule has 1 rings (SSSR count). The average Bonchev–Trinajstić information content (AvgIpc) is 2.61. The molecule has 15 heavy (non-hydrogen) atoms. The zero-order valence-corrected chi connectivity index (χ0v) is 9.42. The first-order valence-corrected chi connectivity index (χ1v) is 5.51. The van der Waals surface area contributed by atoms with Gasteiger partial charge in [0, 0.05) is 12.6 Å². The molecule has 0 aromatic carbocycles. The highest BCUT2D eigenvalue weighted by Crippen LogP contribution is 2.17. The Bertz CT molecular complexity index is 253. The lowest BCUT2D eigenvalue weighted by molar-refractivity contribution is -0.118. The summed E-state index contributed by atoms with van der Waals surface area (Å²) in [6, 6.07) is 0.0809. The highest BCUT2D eigenvalue weighted by molar-refractivity contribution is 5.91. The summed E-state index contributed by atoms with van der Waals surface area (Å²) in [6.07, 6.45) is 4.26. The molecule has 3 nitrogen and oxygen atoms in total. The number of nitrogens with one attached hydrogen (secondary N) is 1. The molecule has 0 saturated carbocycles. The van der Waals surface area contributed by atoms with Crippen LogP contribution in [-0.2, 0) is 4.79 Å². The predicted molar refractivity (Wildman–Crippen MR) is 58.1 cm³/mol. The number of carbonyl (C=O) groups excluding carboxylic acids is 1. The molecular weight excluding hydrogens is 195 g/mol. The van der Waals surface area contributed by atoms with Crippen molar-refractivity contribution in [3.8, 4) is 0 Å². The summed E-state index contributed by atoms with van der Waals surface area (Å²) < 4.78 is 13.4. The number of amides is 1. The maximum atomic E-state index is 13.4. The lowest BCUT2D eigenvalue weighted by Gasteiger charge is -2.15. The van der Waals surface area contributed by atoms with Crippen molar-refractivity contribution in [3.05, 3.63) is 11.9 Å². The molecule has 0 bridgehead atoms. The summed E-state index contributed by atoms with van der Waals surface area (Å²) in [6.45, 7) is 3.44. The van der Waals surface area contributed by atoms with Crippen molar-refractivity contribution in [1.82, 2.24) is 10.2 Å². The molecule has 1 heterocycles. The number of rotatable bonds is 4. The zero-order chi connectivity index (χ0) is 11.3. The topological polar surface area (TPSA) is 32.3 Å². The lowest BCUT2D eigenvalue weighted by Crippen LogP contribution is -2.27. The monoisotopic (exact) mass is 214 g/mol. The molecule has 0 radical (unpaired) electrons. The molecule has 1 aliphatic heterocycles. The first kappa shape index (κ1) is 12.2. The van der Waals surface area contributed by atoms with Gasteiger partial charge in [-0.2, -0.15) is 0 Å². The van der Waals surface area contributed by atoms with Gasteiger partial charge in [-0.3, -0.25) is 9.69 Å². The molecule has 0 spiro atoms.